The van der Waals surface area contributed by atoms with Gasteiger partial charge >= 0.3 is 0 Å². The van der Waals surface area contributed by atoms with Crippen LogP contribution in [0.25, 0.3) is 0 Å². The van der Waals surface area contributed by atoms with E-state index in [0.717, 1.165) is 24.5 Å². The quantitative estimate of drug-likeness (QED) is 0.660. The molecule has 1 heterocycles. The van der Waals surface area contributed by atoms with Crippen molar-refractivity contribution in [2.24, 2.45) is 0 Å². The summed E-state index contributed by atoms with van der Waals surface area (Å²) in [6.07, 6.45) is 8.89. The van der Waals surface area contributed by atoms with Crippen LogP contribution in [-0.2, 0) is 0 Å². The molecule has 2 N–H and O–H groups in total. The van der Waals surface area contributed by atoms with Crippen LogP contribution in [0.3, 0.4) is 0 Å². The minimum absolute atomic E-state index is 0.932. The molecule has 0 saturated heterocycles. The summed E-state index contributed by atoms with van der Waals surface area (Å²) in [5.41, 5.74) is 2.19. The van der Waals surface area contributed by atoms with Crippen LogP contribution in [0.15, 0.2) is 18.5 Å². The molecule has 0 fully saturated rings. The molecule has 1 aromatic heterocycles. The number of nitrogens with one attached hydrogen (secondary N) is 2. The second-order valence-electron chi connectivity index (χ2n) is 3.98. The van der Waals surface area contributed by atoms with Crippen LogP contribution in [0.4, 0.5) is 11.4 Å². The van der Waals surface area contributed by atoms with Gasteiger partial charge in [0.1, 0.15) is 0 Å². The van der Waals surface area contributed by atoms with Gasteiger partial charge in [-0.05, 0) is 19.4 Å². The first kappa shape index (κ1) is 12.8. The van der Waals surface area contributed by atoms with Gasteiger partial charge in [0.05, 0.1) is 23.8 Å². The molecule has 3 heteroatoms. The normalized spacial score (nSPS) is 10.1. The first-order valence-corrected chi connectivity index (χ1v) is 6.29. The molecule has 0 radical (unpaired) electrons. The Kier molecular flexibility index (Phi) is 6.38. The van der Waals surface area contributed by atoms with Gasteiger partial charge in [0.2, 0.25) is 0 Å². The minimum atomic E-state index is 0.932. The van der Waals surface area contributed by atoms with Crippen LogP contribution in [0.1, 0.15) is 39.5 Å². The third-order valence-electron chi connectivity index (χ3n) is 2.48. The van der Waals surface area contributed by atoms with Gasteiger partial charge in [-0.1, -0.05) is 26.2 Å². The highest BCUT2D eigenvalue weighted by Gasteiger charge is 1.95. The molecule has 90 valence electrons. The molecule has 0 aliphatic rings. The lowest BCUT2D eigenvalue weighted by Gasteiger charge is -2.08. The van der Waals surface area contributed by atoms with Crippen LogP contribution < -0.4 is 10.6 Å². The van der Waals surface area contributed by atoms with E-state index < -0.39 is 0 Å². The Morgan fingerprint density at radius 1 is 1.00 bits per heavy atom. The highest BCUT2D eigenvalue weighted by Crippen LogP contribution is 2.12. The second-order valence-corrected chi connectivity index (χ2v) is 3.98. The lowest BCUT2D eigenvalue weighted by Crippen LogP contribution is -2.03. The third-order valence-corrected chi connectivity index (χ3v) is 2.48. The smallest absolute Gasteiger partial charge is 0.0547 e. The monoisotopic (exact) mass is 221 g/mol. The summed E-state index contributed by atoms with van der Waals surface area (Å²) in [6.45, 7) is 6.29. The molecule has 0 aliphatic heterocycles. The van der Waals surface area contributed by atoms with E-state index in [1.54, 1.807) is 0 Å². The van der Waals surface area contributed by atoms with Gasteiger partial charge in [-0.3, -0.25) is 4.98 Å². The summed E-state index contributed by atoms with van der Waals surface area (Å²) >= 11 is 0. The topological polar surface area (TPSA) is 37.0 Å². The Morgan fingerprint density at radius 2 is 1.75 bits per heavy atom. The number of pyridine rings is 1. The Bertz CT molecular complexity index is 286. The molecule has 0 atom stereocenters. The first-order valence-electron chi connectivity index (χ1n) is 6.29. The van der Waals surface area contributed by atoms with E-state index >= 15 is 0 Å². The SMILES string of the molecule is CCCCCCNc1cncc(NCC)c1. The average Bonchev–Trinajstić information content (AvgIpc) is 2.30. The fraction of sp³-hybridized carbons (Fsp3) is 0.615. The van der Waals surface area contributed by atoms with Gasteiger partial charge in [0.15, 0.2) is 0 Å². The first-order chi connectivity index (χ1) is 7.86. The largest absolute Gasteiger partial charge is 0.384 e. The van der Waals surface area contributed by atoms with Crippen molar-refractivity contribution in [2.75, 3.05) is 23.7 Å². The van der Waals surface area contributed by atoms with Gasteiger partial charge < -0.3 is 10.6 Å². The number of nitrogens with zero attached hydrogens (tertiary/aromatic N) is 1. The van der Waals surface area contributed by atoms with Crippen LogP contribution in [-0.4, -0.2) is 18.1 Å². The number of aromatic nitrogens is 1. The Labute approximate surface area is 98.7 Å². The van der Waals surface area contributed by atoms with Crippen LogP contribution in [0, 0.1) is 0 Å². The summed E-state index contributed by atoms with van der Waals surface area (Å²) in [6, 6.07) is 2.11. The standard InChI is InChI=1S/C13H23N3/c1-3-5-6-7-8-16-13-9-12(15-4-2)10-14-11-13/h9-11,15-16H,3-8H2,1-2H3. The van der Waals surface area contributed by atoms with Gasteiger partial charge in [-0.15, -0.1) is 0 Å². The van der Waals surface area contributed by atoms with Gasteiger partial charge in [0.25, 0.3) is 0 Å². The zero-order valence-corrected chi connectivity index (χ0v) is 10.4. The van der Waals surface area contributed by atoms with Crippen molar-refractivity contribution in [1.29, 1.82) is 0 Å². The van der Waals surface area contributed by atoms with Crippen molar-refractivity contribution in [3.05, 3.63) is 18.5 Å². The van der Waals surface area contributed by atoms with Gasteiger partial charge in [-0.2, -0.15) is 0 Å². The molecule has 1 rings (SSSR count). The molecular formula is C13H23N3. The maximum Gasteiger partial charge on any atom is 0.0547 e. The molecular weight excluding hydrogens is 198 g/mol. The summed E-state index contributed by atoms with van der Waals surface area (Å²) in [5.74, 6) is 0. The Balaban J connectivity index is 2.27. The number of unbranched alkanes of at least 4 members (excludes halogenated alkanes) is 3. The van der Waals surface area contributed by atoms with E-state index in [-0.39, 0.29) is 0 Å². The molecule has 0 saturated carbocycles. The predicted octanol–water partition coefficient (Wildman–Crippen LogP) is 3.51. The zero-order valence-electron chi connectivity index (χ0n) is 10.4. The molecule has 3 nitrogen and oxygen atoms in total. The van der Waals surface area contributed by atoms with Crippen molar-refractivity contribution >= 4 is 11.4 Å². The van der Waals surface area contributed by atoms with E-state index in [9.17, 15) is 0 Å². The molecule has 0 spiro atoms. The van der Waals surface area contributed by atoms with Crippen molar-refractivity contribution in [3.8, 4) is 0 Å². The van der Waals surface area contributed by atoms with Crippen molar-refractivity contribution in [2.45, 2.75) is 39.5 Å². The fourth-order valence-electron chi connectivity index (χ4n) is 1.62. The summed E-state index contributed by atoms with van der Waals surface area (Å²) in [4.78, 5) is 4.19. The fourth-order valence-corrected chi connectivity index (χ4v) is 1.62. The van der Waals surface area contributed by atoms with Crippen molar-refractivity contribution < 1.29 is 0 Å². The highest BCUT2D eigenvalue weighted by molar-refractivity contribution is 5.53. The van der Waals surface area contributed by atoms with Crippen LogP contribution in [0.5, 0.6) is 0 Å². The Morgan fingerprint density at radius 3 is 2.44 bits per heavy atom. The number of anilines is 2. The summed E-state index contributed by atoms with van der Waals surface area (Å²) in [5, 5.41) is 6.66. The second kappa shape index (κ2) is 7.97. The van der Waals surface area contributed by atoms with Gasteiger partial charge in [-0.25, -0.2) is 0 Å². The third kappa shape index (κ3) is 5.01. The summed E-state index contributed by atoms with van der Waals surface area (Å²) < 4.78 is 0. The molecule has 0 amide bonds. The lowest BCUT2D eigenvalue weighted by molar-refractivity contribution is 0.685. The maximum atomic E-state index is 4.19. The number of hydrogen-bond acceptors (Lipinski definition) is 3. The van der Waals surface area contributed by atoms with E-state index in [4.69, 9.17) is 0 Å². The molecule has 0 unspecified atom stereocenters. The minimum Gasteiger partial charge on any atom is -0.384 e. The van der Waals surface area contributed by atoms with E-state index in [0.29, 0.717) is 0 Å². The Hall–Kier alpha value is -1.25. The lowest BCUT2D eigenvalue weighted by atomic mass is 10.2. The zero-order chi connectivity index (χ0) is 11.6. The summed E-state index contributed by atoms with van der Waals surface area (Å²) in [7, 11) is 0. The molecule has 16 heavy (non-hydrogen) atoms. The highest BCUT2D eigenvalue weighted by atomic mass is 14.9. The number of rotatable bonds is 8. The predicted molar refractivity (Wildman–Crippen MR) is 71.0 cm³/mol. The van der Waals surface area contributed by atoms with Crippen molar-refractivity contribution in [1.82, 2.24) is 4.98 Å². The molecule has 0 bridgehead atoms. The molecule has 0 aromatic carbocycles. The number of hydrogen-bond donors (Lipinski definition) is 2. The average molecular weight is 221 g/mol. The molecule has 0 aliphatic carbocycles. The maximum absolute atomic E-state index is 4.19. The molecule has 1 aromatic rings. The van der Waals surface area contributed by atoms with Crippen LogP contribution >= 0.6 is 0 Å². The van der Waals surface area contributed by atoms with E-state index in [1.165, 1.54) is 25.7 Å². The van der Waals surface area contributed by atoms with Crippen molar-refractivity contribution in [3.63, 3.8) is 0 Å². The van der Waals surface area contributed by atoms with E-state index in [1.807, 2.05) is 12.4 Å². The van der Waals surface area contributed by atoms with Crippen LogP contribution in [0.2, 0.25) is 0 Å². The van der Waals surface area contributed by atoms with E-state index in [2.05, 4.69) is 35.5 Å². The van der Waals surface area contributed by atoms with Gasteiger partial charge in [0, 0.05) is 13.1 Å².